The first-order chi connectivity index (χ1) is 20.0. The topological polar surface area (TPSA) is 80.3 Å². The largest absolute Gasteiger partial charge is 0.490 e. The van der Waals surface area contributed by atoms with Gasteiger partial charge < -0.3 is 23.7 Å². The lowest BCUT2D eigenvalue weighted by atomic mass is 9.74. The minimum atomic E-state index is -0.652. The number of carbonyl (C=O) groups excluding carboxylic acids is 2. The van der Waals surface area contributed by atoms with Crippen molar-refractivity contribution in [3.8, 4) is 11.5 Å². The van der Waals surface area contributed by atoms with Gasteiger partial charge in [-0.25, -0.2) is 14.8 Å². The SMILES string of the molecule is COC(=O)c1cc(OC2CCC(C)(C(=O)OCc3cccc4ccccc34)CC2)c(C)cc1OCOCCS(C)(C)C. The lowest BCUT2D eigenvalue weighted by Gasteiger charge is -2.35. The molecule has 1 saturated carbocycles. The molecule has 3 aromatic carbocycles. The summed E-state index contributed by atoms with van der Waals surface area (Å²) in [5.74, 6) is 1.31. The quantitative estimate of drug-likeness (QED) is 0.126. The zero-order valence-corrected chi connectivity index (χ0v) is 26.5. The number of benzene rings is 3. The Morgan fingerprint density at radius 3 is 2.40 bits per heavy atom. The summed E-state index contributed by atoms with van der Waals surface area (Å²) in [6.45, 7) is 4.81. The molecular formula is C34H44O7S. The van der Waals surface area contributed by atoms with Gasteiger partial charge in [0.1, 0.15) is 23.7 Å². The van der Waals surface area contributed by atoms with Gasteiger partial charge in [-0.05, 0) is 92.3 Å². The maximum atomic E-state index is 13.2. The molecule has 0 bridgehead atoms. The van der Waals surface area contributed by atoms with Gasteiger partial charge in [-0.3, -0.25) is 4.79 Å². The number of carbonyl (C=O) groups is 2. The van der Waals surface area contributed by atoms with Crippen LogP contribution in [0.25, 0.3) is 10.8 Å². The third kappa shape index (κ3) is 8.19. The molecule has 0 unspecified atom stereocenters. The van der Waals surface area contributed by atoms with E-state index in [0.29, 0.717) is 49.4 Å². The van der Waals surface area contributed by atoms with Gasteiger partial charge in [0, 0.05) is 5.75 Å². The van der Waals surface area contributed by atoms with E-state index in [1.165, 1.54) is 7.11 Å². The zero-order chi connectivity index (χ0) is 30.3. The van der Waals surface area contributed by atoms with Crippen LogP contribution in [-0.2, 0) is 25.6 Å². The molecule has 0 radical (unpaired) electrons. The Balaban J connectivity index is 1.34. The van der Waals surface area contributed by atoms with Crippen LogP contribution in [0.3, 0.4) is 0 Å². The van der Waals surface area contributed by atoms with Crippen LogP contribution in [0.1, 0.15) is 54.1 Å². The van der Waals surface area contributed by atoms with Crippen LogP contribution in [0, 0.1) is 12.3 Å². The van der Waals surface area contributed by atoms with Gasteiger partial charge in [-0.15, -0.1) is 0 Å². The van der Waals surface area contributed by atoms with Crippen LogP contribution in [-0.4, -0.2) is 63.1 Å². The van der Waals surface area contributed by atoms with Crippen molar-refractivity contribution in [3.05, 3.63) is 71.3 Å². The van der Waals surface area contributed by atoms with E-state index in [-0.39, 0.29) is 25.5 Å². The second-order valence-electron chi connectivity index (χ2n) is 12.2. The van der Waals surface area contributed by atoms with E-state index in [1.807, 2.05) is 38.1 Å². The van der Waals surface area contributed by atoms with Crippen LogP contribution in [0.4, 0.5) is 0 Å². The van der Waals surface area contributed by atoms with Gasteiger partial charge >= 0.3 is 11.9 Å². The van der Waals surface area contributed by atoms with Gasteiger partial charge in [0.2, 0.25) is 0 Å². The summed E-state index contributed by atoms with van der Waals surface area (Å²) >= 11 is 0. The molecule has 0 amide bonds. The molecule has 0 aromatic heterocycles. The predicted molar refractivity (Wildman–Crippen MR) is 169 cm³/mol. The van der Waals surface area contributed by atoms with E-state index < -0.39 is 21.4 Å². The fraction of sp³-hybridized carbons (Fsp3) is 0.471. The summed E-state index contributed by atoms with van der Waals surface area (Å²) < 4.78 is 28.7. The Morgan fingerprint density at radius 1 is 0.976 bits per heavy atom. The summed E-state index contributed by atoms with van der Waals surface area (Å²) in [7, 11) is 0.691. The van der Waals surface area contributed by atoms with Crippen LogP contribution >= 0.6 is 10.0 Å². The average molecular weight is 597 g/mol. The zero-order valence-electron chi connectivity index (χ0n) is 25.7. The second kappa shape index (κ2) is 13.8. The number of ether oxygens (including phenoxy) is 5. The fourth-order valence-electron chi connectivity index (χ4n) is 5.12. The van der Waals surface area contributed by atoms with Crippen molar-refractivity contribution in [2.24, 2.45) is 5.41 Å². The van der Waals surface area contributed by atoms with Crippen molar-refractivity contribution in [2.75, 3.05) is 45.0 Å². The monoisotopic (exact) mass is 596 g/mol. The van der Waals surface area contributed by atoms with E-state index in [1.54, 1.807) is 12.1 Å². The lowest BCUT2D eigenvalue weighted by Crippen LogP contribution is -2.37. The third-order valence-electron chi connectivity index (χ3n) is 7.88. The Hall–Kier alpha value is -3.23. The van der Waals surface area contributed by atoms with Crippen LogP contribution in [0.15, 0.2) is 54.6 Å². The van der Waals surface area contributed by atoms with E-state index in [0.717, 1.165) is 27.7 Å². The number of hydrogen-bond donors (Lipinski definition) is 0. The number of methoxy groups -OCH3 is 1. The van der Waals surface area contributed by atoms with E-state index in [9.17, 15) is 9.59 Å². The minimum absolute atomic E-state index is 0.0525. The normalized spacial score (nSPS) is 19.2. The van der Waals surface area contributed by atoms with E-state index in [2.05, 4.69) is 37.0 Å². The standard InChI is InChI=1S/C34H44O7S/c1-24-20-31(40-23-38-18-19-42(4,5)6)29(32(35)37-3)21-30(24)41-27-14-16-34(2,17-15-27)33(36)39-22-26-12-9-11-25-10-7-8-13-28(25)26/h7-13,20-21,27H,14-19,22-23H2,1-6H3. The molecule has 1 aliphatic carbocycles. The smallest absolute Gasteiger partial charge is 0.341 e. The first-order valence-corrected chi connectivity index (χ1v) is 17.4. The molecule has 42 heavy (non-hydrogen) atoms. The Morgan fingerprint density at radius 2 is 1.69 bits per heavy atom. The first kappa shape index (κ1) is 31.7. The number of esters is 2. The Labute approximate surface area is 251 Å². The van der Waals surface area contributed by atoms with Crippen molar-refractivity contribution >= 4 is 32.7 Å². The molecule has 4 rings (SSSR count). The van der Waals surface area contributed by atoms with Crippen molar-refractivity contribution in [3.63, 3.8) is 0 Å². The molecule has 228 valence electrons. The van der Waals surface area contributed by atoms with Gasteiger partial charge in [0.15, 0.2) is 6.79 Å². The highest BCUT2D eigenvalue weighted by atomic mass is 32.3. The summed E-state index contributed by atoms with van der Waals surface area (Å²) in [6, 6.07) is 17.6. The molecule has 0 spiro atoms. The minimum Gasteiger partial charge on any atom is -0.490 e. The Bertz CT molecular complexity index is 1380. The maximum absolute atomic E-state index is 13.2. The van der Waals surface area contributed by atoms with Crippen molar-refractivity contribution in [2.45, 2.75) is 52.2 Å². The second-order valence-corrected chi connectivity index (χ2v) is 16.8. The van der Waals surface area contributed by atoms with Crippen LogP contribution in [0.5, 0.6) is 11.5 Å². The van der Waals surface area contributed by atoms with Gasteiger partial charge in [-0.2, -0.15) is 0 Å². The van der Waals surface area contributed by atoms with Crippen molar-refractivity contribution in [1.82, 2.24) is 0 Å². The highest BCUT2D eigenvalue weighted by Gasteiger charge is 2.39. The summed E-state index contributed by atoms with van der Waals surface area (Å²) in [5.41, 5.74) is 1.58. The highest BCUT2D eigenvalue weighted by molar-refractivity contribution is 8.32. The lowest BCUT2D eigenvalue weighted by molar-refractivity contribution is -0.159. The molecule has 8 heteroatoms. The predicted octanol–water partition coefficient (Wildman–Crippen LogP) is 7.05. The Kier molecular flexibility index (Phi) is 10.4. The molecule has 0 heterocycles. The van der Waals surface area contributed by atoms with Crippen LogP contribution < -0.4 is 9.47 Å². The molecule has 0 atom stereocenters. The third-order valence-corrected chi connectivity index (χ3v) is 9.27. The number of fused-ring (bicyclic) bond motifs is 1. The molecule has 7 nitrogen and oxygen atoms in total. The molecule has 1 fully saturated rings. The fourth-order valence-corrected chi connectivity index (χ4v) is 5.73. The summed E-state index contributed by atoms with van der Waals surface area (Å²) in [5, 5.41) is 2.23. The number of rotatable bonds is 12. The van der Waals surface area contributed by atoms with E-state index in [4.69, 9.17) is 23.7 Å². The number of aryl methyl sites for hydroxylation is 1. The van der Waals surface area contributed by atoms with Gasteiger partial charge in [-0.1, -0.05) is 42.5 Å². The van der Waals surface area contributed by atoms with Crippen molar-refractivity contribution in [1.29, 1.82) is 0 Å². The number of hydrogen-bond acceptors (Lipinski definition) is 7. The van der Waals surface area contributed by atoms with E-state index >= 15 is 0 Å². The molecule has 1 aliphatic rings. The molecule has 0 saturated heterocycles. The molecule has 0 aliphatic heterocycles. The molecule has 0 N–H and O–H groups in total. The molecular weight excluding hydrogens is 552 g/mol. The first-order valence-electron chi connectivity index (χ1n) is 14.4. The maximum Gasteiger partial charge on any atom is 0.341 e. The summed E-state index contributed by atoms with van der Waals surface area (Å²) in [6.07, 6.45) is 9.35. The van der Waals surface area contributed by atoms with Crippen molar-refractivity contribution < 1.29 is 33.3 Å². The molecule has 3 aromatic rings. The average Bonchev–Trinajstić information content (AvgIpc) is 2.97. The summed E-state index contributed by atoms with van der Waals surface area (Å²) in [4.78, 5) is 25.7. The van der Waals surface area contributed by atoms with Gasteiger partial charge in [0.25, 0.3) is 0 Å². The van der Waals surface area contributed by atoms with Gasteiger partial charge in [0.05, 0.1) is 25.2 Å². The highest BCUT2D eigenvalue weighted by Crippen LogP contribution is 2.40. The van der Waals surface area contributed by atoms with Crippen LogP contribution in [0.2, 0.25) is 0 Å².